The number of hydrogen-bond acceptors (Lipinski definition) is 7. The standard InChI is InChI=1S/C21H25N5O2S/c1-2-25-10-12-26(13-11-25)18-6-4-3-5-17(18)22-19(27)7-8-20-23-21(24-28-20)16-9-14-29-15-16/h3-6,9,14-15H,2,7-8,10-13H2,1H3,(H,22,27). The molecule has 29 heavy (non-hydrogen) atoms. The Balaban J connectivity index is 1.34. The highest BCUT2D eigenvalue weighted by Gasteiger charge is 2.19. The first-order valence-corrected chi connectivity index (χ1v) is 10.9. The van der Waals surface area contributed by atoms with Gasteiger partial charge < -0.3 is 19.6 Å². The van der Waals surface area contributed by atoms with E-state index in [1.807, 2.05) is 35.0 Å². The fourth-order valence-electron chi connectivity index (χ4n) is 3.46. The number of benzene rings is 1. The predicted octanol–water partition coefficient (Wildman–Crippen LogP) is 3.51. The van der Waals surface area contributed by atoms with Crippen LogP contribution in [0.1, 0.15) is 19.2 Å². The van der Waals surface area contributed by atoms with Gasteiger partial charge in [0.25, 0.3) is 0 Å². The molecule has 1 aliphatic rings. The molecule has 1 saturated heterocycles. The van der Waals surface area contributed by atoms with Gasteiger partial charge in [0.05, 0.1) is 11.4 Å². The predicted molar refractivity (Wildman–Crippen MR) is 115 cm³/mol. The molecule has 0 bridgehead atoms. The van der Waals surface area contributed by atoms with Crippen LogP contribution < -0.4 is 10.2 Å². The van der Waals surface area contributed by atoms with Crippen molar-refractivity contribution >= 4 is 28.6 Å². The van der Waals surface area contributed by atoms with Crippen molar-refractivity contribution in [1.82, 2.24) is 15.0 Å². The summed E-state index contributed by atoms with van der Waals surface area (Å²) in [5.74, 6) is 0.989. The van der Waals surface area contributed by atoms with Crippen LogP contribution in [0.2, 0.25) is 0 Å². The molecule has 0 atom stereocenters. The van der Waals surface area contributed by atoms with Crippen LogP contribution in [0, 0.1) is 0 Å². The molecular weight excluding hydrogens is 386 g/mol. The lowest BCUT2D eigenvalue weighted by atomic mass is 10.2. The van der Waals surface area contributed by atoms with Crippen molar-refractivity contribution in [3.05, 3.63) is 47.0 Å². The van der Waals surface area contributed by atoms with Gasteiger partial charge in [0, 0.05) is 50.0 Å². The summed E-state index contributed by atoms with van der Waals surface area (Å²) in [6.07, 6.45) is 0.712. The Kier molecular flexibility index (Phi) is 6.21. The molecule has 3 aromatic rings. The van der Waals surface area contributed by atoms with Crippen molar-refractivity contribution < 1.29 is 9.32 Å². The highest BCUT2D eigenvalue weighted by molar-refractivity contribution is 7.08. The lowest BCUT2D eigenvalue weighted by molar-refractivity contribution is -0.116. The van der Waals surface area contributed by atoms with E-state index in [9.17, 15) is 4.79 Å². The zero-order valence-corrected chi connectivity index (χ0v) is 17.3. The van der Waals surface area contributed by atoms with Crippen molar-refractivity contribution in [2.24, 2.45) is 0 Å². The highest BCUT2D eigenvalue weighted by Crippen LogP contribution is 2.27. The first-order valence-electron chi connectivity index (χ1n) is 9.94. The summed E-state index contributed by atoms with van der Waals surface area (Å²) in [5, 5.41) is 11.0. The fraction of sp³-hybridized carbons (Fsp3) is 0.381. The molecule has 1 aliphatic heterocycles. The fourth-order valence-corrected chi connectivity index (χ4v) is 4.09. The number of nitrogens with one attached hydrogen (secondary N) is 1. The topological polar surface area (TPSA) is 74.5 Å². The number of piperazine rings is 1. The lowest BCUT2D eigenvalue weighted by Crippen LogP contribution is -2.46. The monoisotopic (exact) mass is 411 g/mol. The molecule has 0 saturated carbocycles. The molecule has 0 spiro atoms. The highest BCUT2D eigenvalue weighted by atomic mass is 32.1. The van der Waals surface area contributed by atoms with Gasteiger partial charge >= 0.3 is 0 Å². The molecule has 0 radical (unpaired) electrons. The van der Waals surface area contributed by atoms with Crippen molar-refractivity contribution in [3.8, 4) is 11.4 Å². The summed E-state index contributed by atoms with van der Waals surface area (Å²) < 4.78 is 5.28. The summed E-state index contributed by atoms with van der Waals surface area (Å²) in [5.41, 5.74) is 2.87. The number of carbonyl (C=O) groups is 1. The number of aromatic nitrogens is 2. The second-order valence-electron chi connectivity index (χ2n) is 7.01. The second kappa shape index (κ2) is 9.19. The number of amides is 1. The minimum absolute atomic E-state index is 0.0556. The molecule has 1 fully saturated rings. The molecule has 0 aliphatic carbocycles. The summed E-state index contributed by atoms with van der Waals surface area (Å²) >= 11 is 1.59. The maximum absolute atomic E-state index is 12.5. The first-order chi connectivity index (χ1) is 14.2. The molecule has 1 amide bonds. The van der Waals surface area contributed by atoms with E-state index >= 15 is 0 Å². The average molecular weight is 412 g/mol. The van der Waals surface area contributed by atoms with E-state index in [0.29, 0.717) is 24.6 Å². The van der Waals surface area contributed by atoms with Crippen LogP contribution in [-0.4, -0.2) is 53.7 Å². The Morgan fingerprint density at radius 3 is 2.79 bits per heavy atom. The Morgan fingerprint density at radius 1 is 1.21 bits per heavy atom. The summed E-state index contributed by atoms with van der Waals surface area (Å²) in [6.45, 7) is 7.29. The van der Waals surface area contributed by atoms with Crippen molar-refractivity contribution in [2.75, 3.05) is 42.9 Å². The first kappa shape index (κ1) is 19.6. The molecule has 4 rings (SSSR count). The number of hydrogen-bond donors (Lipinski definition) is 1. The molecule has 152 valence electrons. The van der Waals surface area contributed by atoms with E-state index in [1.54, 1.807) is 11.3 Å². The average Bonchev–Trinajstić information content (AvgIpc) is 3.45. The largest absolute Gasteiger partial charge is 0.367 e. The van der Waals surface area contributed by atoms with E-state index in [-0.39, 0.29) is 5.91 Å². The smallest absolute Gasteiger partial charge is 0.227 e. The van der Waals surface area contributed by atoms with E-state index in [2.05, 4.69) is 38.2 Å². The molecule has 7 nitrogen and oxygen atoms in total. The summed E-state index contributed by atoms with van der Waals surface area (Å²) in [7, 11) is 0. The maximum atomic E-state index is 12.5. The molecule has 8 heteroatoms. The van der Waals surface area contributed by atoms with Crippen LogP contribution in [0.15, 0.2) is 45.6 Å². The Morgan fingerprint density at radius 2 is 2.03 bits per heavy atom. The molecule has 0 unspecified atom stereocenters. The van der Waals surface area contributed by atoms with Crippen LogP contribution in [0.25, 0.3) is 11.4 Å². The van der Waals surface area contributed by atoms with Crippen molar-refractivity contribution in [2.45, 2.75) is 19.8 Å². The van der Waals surface area contributed by atoms with E-state index < -0.39 is 0 Å². The normalized spacial score (nSPS) is 14.9. The van der Waals surface area contributed by atoms with Crippen LogP contribution in [-0.2, 0) is 11.2 Å². The lowest BCUT2D eigenvalue weighted by Gasteiger charge is -2.36. The number of thiophene rings is 1. The van der Waals surface area contributed by atoms with Crippen LogP contribution in [0.3, 0.4) is 0 Å². The van der Waals surface area contributed by atoms with E-state index in [4.69, 9.17) is 4.52 Å². The van der Waals surface area contributed by atoms with Gasteiger partial charge in [-0.15, -0.1) is 0 Å². The SMILES string of the molecule is CCN1CCN(c2ccccc2NC(=O)CCc2nc(-c3ccsc3)no2)CC1. The van der Waals surface area contributed by atoms with Crippen molar-refractivity contribution in [1.29, 1.82) is 0 Å². The third-order valence-corrected chi connectivity index (χ3v) is 5.83. The second-order valence-corrected chi connectivity index (χ2v) is 7.79. The van der Waals surface area contributed by atoms with Crippen LogP contribution in [0.5, 0.6) is 0 Å². The third kappa shape index (κ3) is 4.83. The summed E-state index contributed by atoms with van der Waals surface area (Å²) in [4.78, 5) is 21.7. The number of para-hydroxylation sites is 2. The van der Waals surface area contributed by atoms with Gasteiger partial charge in [0.15, 0.2) is 0 Å². The van der Waals surface area contributed by atoms with Crippen LogP contribution in [0.4, 0.5) is 11.4 Å². The quantitative estimate of drug-likeness (QED) is 0.641. The molecule has 2 aromatic heterocycles. The van der Waals surface area contributed by atoms with Gasteiger partial charge in [0.1, 0.15) is 0 Å². The minimum Gasteiger partial charge on any atom is -0.367 e. The van der Waals surface area contributed by atoms with Crippen LogP contribution >= 0.6 is 11.3 Å². The number of carbonyl (C=O) groups excluding carboxylic acids is 1. The third-order valence-electron chi connectivity index (χ3n) is 5.15. The number of likely N-dealkylation sites (N-methyl/N-ethyl adjacent to an activating group) is 1. The molecule has 1 N–H and O–H groups in total. The van der Waals surface area contributed by atoms with E-state index in [0.717, 1.165) is 49.7 Å². The van der Waals surface area contributed by atoms with E-state index in [1.165, 1.54) is 0 Å². The molecular formula is C21H25N5O2S. The maximum Gasteiger partial charge on any atom is 0.227 e. The minimum atomic E-state index is -0.0556. The number of rotatable bonds is 7. The number of nitrogens with zero attached hydrogens (tertiary/aromatic N) is 4. The van der Waals surface area contributed by atoms with Crippen molar-refractivity contribution in [3.63, 3.8) is 0 Å². The Labute approximate surface area is 174 Å². The van der Waals surface area contributed by atoms with Gasteiger partial charge in [-0.3, -0.25) is 4.79 Å². The van der Waals surface area contributed by atoms with Gasteiger partial charge in [0.2, 0.25) is 17.6 Å². The van der Waals surface area contributed by atoms with Gasteiger partial charge in [-0.25, -0.2) is 0 Å². The van der Waals surface area contributed by atoms with Gasteiger partial charge in [-0.1, -0.05) is 24.2 Å². The number of aryl methyl sites for hydroxylation is 1. The zero-order valence-electron chi connectivity index (χ0n) is 16.5. The Bertz CT molecular complexity index is 932. The summed E-state index contributed by atoms with van der Waals surface area (Å²) in [6, 6.07) is 9.94. The van der Waals surface area contributed by atoms with Gasteiger partial charge in [-0.05, 0) is 30.1 Å². The zero-order chi connectivity index (χ0) is 20.1. The molecule has 3 heterocycles. The Hall–Kier alpha value is -2.71. The van der Waals surface area contributed by atoms with Gasteiger partial charge in [-0.2, -0.15) is 16.3 Å². The molecule has 1 aromatic carbocycles. The number of anilines is 2.